The molecule has 0 fully saturated rings. The van der Waals surface area contributed by atoms with E-state index in [1.165, 1.54) is 0 Å². The topological polar surface area (TPSA) is 12.9 Å². The summed E-state index contributed by atoms with van der Waals surface area (Å²) in [7, 11) is 0. The fraction of sp³-hybridized carbons (Fsp3) is 0.308. The van der Waals surface area contributed by atoms with Gasteiger partial charge >= 0.3 is 0 Å². The quantitative estimate of drug-likeness (QED) is 0.687. The largest absolute Gasteiger partial charge is 0.251 e. The summed E-state index contributed by atoms with van der Waals surface area (Å²) in [6.45, 7) is 5.90. The number of hydrogen-bond donors (Lipinski definition) is 0. The number of nitrogens with zero attached hydrogens (tertiary/aromatic N) is 1. The average molecular weight is 289 g/mol. The number of fused-ring (bicyclic) bond motifs is 1. The molecule has 1 nitrogen and oxygen atoms in total. The van der Waals surface area contributed by atoms with Gasteiger partial charge in [0.25, 0.3) is 0 Å². The van der Waals surface area contributed by atoms with Crippen molar-refractivity contribution in [3.05, 3.63) is 38.0 Å². The molecule has 0 N–H and O–H groups in total. The molecular weight excluding hydrogens is 277 g/mol. The molecule has 1 heterocycles. The SMILES string of the molecule is CCc1c(C)nc2c(Cl)cc(C)c(Cl)c2c1Cl. The van der Waals surface area contributed by atoms with Crippen LogP contribution in [0.1, 0.15) is 23.7 Å². The number of halogens is 3. The number of aryl methyl sites for hydroxylation is 2. The smallest absolute Gasteiger partial charge is 0.0921 e. The van der Waals surface area contributed by atoms with E-state index in [2.05, 4.69) is 4.98 Å². The number of pyridine rings is 1. The van der Waals surface area contributed by atoms with Gasteiger partial charge in [-0.3, -0.25) is 4.98 Å². The summed E-state index contributed by atoms with van der Waals surface area (Å²) in [6, 6.07) is 1.82. The van der Waals surface area contributed by atoms with Crippen LogP contribution in [0.15, 0.2) is 6.07 Å². The third-order valence-corrected chi connectivity index (χ3v) is 4.12. The number of benzene rings is 1. The van der Waals surface area contributed by atoms with Crippen LogP contribution in [0.3, 0.4) is 0 Å². The first-order valence-electron chi connectivity index (χ1n) is 5.40. The van der Waals surface area contributed by atoms with Crippen molar-refractivity contribution in [2.45, 2.75) is 27.2 Å². The van der Waals surface area contributed by atoms with E-state index in [1.807, 2.05) is 26.8 Å². The Hall–Kier alpha value is -0.500. The molecule has 0 aliphatic carbocycles. The van der Waals surface area contributed by atoms with E-state index in [-0.39, 0.29) is 0 Å². The van der Waals surface area contributed by atoms with Crippen LogP contribution in [0.5, 0.6) is 0 Å². The first kappa shape index (κ1) is 12.9. The molecule has 0 unspecified atom stereocenters. The molecule has 1 aromatic heterocycles. The minimum Gasteiger partial charge on any atom is -0.251 e. The molecule has 0 amide bonds. The molecule has 90 valence electrons. The second kappa shape index (κ2) is 4.64. The molecule has 0 aliphatic heterocycles. The maximum atomic E-state index is 6.41. The fourth-order valence-corrected chi connectivity index (χ4v) is 3.05. The minimum atomic E-state index is 0.592. The monoisotopic (exact) mass is 287 g/mol. The highest BCUT2D eigenvalue weighted by atomic mass is 35.5. The van der Waals surface area contributed by atoms with Crippen molar-refractivity contribution < 1.29 is 0 Å². The van der Waals surface area contributed by atoms with Gasteiger partial charge < -0.3 is 0 Å². The minimum absolute atomic E-state index is 0.592. The predicted molar refractivity (Wildman–Crippen MR) is 75.6 cm³/mol. The Bertz CT molecular complexity index is 606. The molecular formula is C13H12Cl3N. The molecule has 1 aromatic carbocycles. The van der Waals surface area contributed by atoms with Crippen molar-refractivity contribution in [2.24, 2.45) is 0 Å². The molecule has 0 radical (unpaired) electrons. The van der Waals surface area contributed by atoms with Crippen LogP contribution < -0.4 is 0 Å². The van der Waals surface area contributed by atoms with E-state index in [9.17, 15) is 0 Å². The van der Waals surface area contributed by atoms with Gasteiger partial charge in [0.2, 0.25) is 0 Å². The zero-order valence-corrected chi connectivity index (χ0v) is 12.1. The van der Waals surface area contributed by atoms with Crippen molar-refractivity contribution in [2.75, 3.05) is 0 Å². The van der Waals surface area contributed by atoms with E-state index in [0.29, 0.717) is 20.6 Å². The van der Waals surface area contributed by atoms with E-state index >= 15 is 0 Å². The van der Waals surface area contributed by atoms with E-state index in [1.54, 1.807) is 0 Å². The van der Waals surface area contributed by atoms with Crippen LogP contribution in [0, 0.1) is 13.8 Å². The number of aromatic nitrogens is 1. The Balaban J connectivity index is 3.02. The standard InChI is InChI=1S/C13H12Cl3N/c1-4-8-7(3)17-13-9(14)5-6(2)11(15)10(13)12(8)16/h5H,4H2,1-3H3. The van der Waals surface area contributed by atoms with Crippen LogP contribution in [-0.2, 0) is 6.42 Å². The molecule has 0 bridgehead atoms. The highest BCUT2D eigenvalue weighted by Crippen LogP contribution is 2.38. The highest BCUT2D eigenvalue weighted by molar-refractivity contribution is 6.45. The molecule has 4 heteroatoms. The van der Waals surface area contributed by atoms with Gasteiger partial charge in [-0.2, -0.15) is 0 Å². The molecule has 0 spiro atoms. The normalized spacial score (nSPS) is 11.2. The van der Waals surface area contributed by atoms with Gasteiger partial charge in [0.05, 0.1) is 20.6 Å². The highest BCUT2D eigenvalue weighted by Gasteiger charge is 2.16. The molecule has 2 aromatic rings. The van der Waals surface area contributed by atoms with Crippen LogP contribution in [0.2, 0.25) is 15.1 Å². The molecule has 0 atom stereocenters. The second-order valence-electron chi connectivity index (χ2n) is 4.06. The summed E-state index contributed by atoms with van der Waals surface area (Å²) < 4.78 is 0. The fourth-order valence-electron chi connectivity index (χ4n) is 2.01. The Labute approximate surface area is 116 Å². The number of hydrogen-bond acceptors (Lipinski definition) is 1. The second-order valence-corrected chi connectivity index (χ2v) is 5.22. The zero-order chi connectivity index (χ0) is 12.7. The van der Waals surface area contributed by atoms with E-state index < -0.39 is 0 Å². The third-order valence-electron chi connectivity index (χ3n) is 2.93. The lowest BCUT2D eigenvalue weighted by Gasteiger charge is -2.13. The first-order valence-corrected chi connectivity index (χ1v) is 6.54. The Morgan fingerprint density at radius 1 is 1.12 bits per heavy atom. The average Bonchev–Trinajstić information content (AvgIpc) is 2.26. The van der Waals surface area contributed by atoms with E-state index in [4.69, 9.17) is 34.8 Å². The van der Waals surface area contributed by atoms with Gasteiger partial charge in [0, 0.05) is 11.1 Å². The summed E-state index contributed by atoms with van der Waals surface area (Å²) >= 11 is 18.9. The Morgan fingerprint density at radius 2 is 1.76 bits per heavy atom. The summed E-state index contributed by atoms with van der Waals surface area (Å²) in [5.41, 5.74) is 3.54. The van der Waals surface area contributed by atoms with Gasteiger partial charge in [-0.05, 0) is 37.5 Å². The van der Waals surface area contributed by atoms with Crippen molar-refractivity contribution in [1.82, 2.24) is 4.98 Å². The summed E-state index contributed by atoms with van der Waals surface area (Å²) in [6.07, 6.45) is 0.829. The summed E-state index contributed by atoms with van der Waals surface area (Å²) in [4.78, 5) is 4.51. The lowest BCUT2D eigenvalue weighted by atomic mass is 10.1. The number of rotatable bonds is 1. The van der Waals surface area contributed by atoms with Crippen molar-refractivity contribution in [3.63, 3.8) is 0 Å². The molecule has 17 heavy (non-hydrogen) atoms. The van der Waals surface area contributed by atoms with Gasteiger partial charge in [0.1, 0.15) is 0 Å². The van der Waals surface area contributed by atoms with Crippen molar-refractivity contribution in [1.29, 1.82) is 0 Å². The Kier molecular flexibility index (Phi) is 3.53. The van der Waals surface area contributed by atoms with Gasteiger partial charge in [-0.25, -0.2) is 0 Å². The molecule has 2 rings (SSSR count). The molecule has 0 aliphatic rings. The summed E-state index contributed by atoms with van der Waals surface area (Å²) in [5, 5.41) is 2.66. The maximum Gasteiger partial charge on any atom is 0.0921 e. The van der Waals surface area contributed by atoms with Gasteiger partial charge in [0.15, 0.2) is 0 Å². The van der Waals surface area contributed by atoms with Crippen molar-refractivity contribution in [3.8, 4) is 0 Å². The maximum absolute atomic E-state index is 6.41. The zero-order valence-electron chi connectivity index (χ0n) is 9.87. The van der Waals surface area contributed by atoms with E-state index in [0.717, 1.165) is 28.6 Å². The lowest BCUT2D eigenvalue weighted by Crippen LogP contribution is -1.96. The van der Waals surface area contributed by atoms with Crippen molar-refractivity contribution >= 4 is 45.7 Å². The van der Waals surface area contributed by atoms with Gasteiger partial charge in [-0.1, -0.05) is 41.7 Å². The first-order chi connectivity index (χ1) is 7.97. The predicted octanol–water partition coefficient (Wildman–Crippen LogP) is 5.37. The van der Waals surface area contributed by atoms with Crippen LogP contribution in [0.4, 0.5) is 0 Å². The molecule has 0 saturated carbocycles. The van der Waals surface area contributed by atoms with Crippen LogP contribution in [-0.4, -0.2) is 4.98 Å². The Morgan fingerprint density at radius 3 is 2.35 bits per heavy atom. The lowest BCUT2D eigenvalue weighted by molar-refractivity contribution is 1.07. The third kappa shape index (κ3) is 2.01. The molecule has 0 saturated heterocycles. The van der Waals surface area contributed by atoms with Gasteiger partial charge in [-0.15, -0.1) is 0 Å². The summed E-state index contributed by atoms with van der Waals surface area (Å²) in [5.74, 6) is 0. The van der Waals surface area contributed by atoms with Crippen LogP contribution in [0.25, 0.3) is 10.9 Å². The van der Waals surface area contributed by atoms with Crippen LogP contribution >= 0.6 is 34.8 Å².